The van der Waals surface area contributed by atoms with Crippen LogP contribution in [0.3, 0.4) is 0 Å². The maximum Gasteiger partial charge on any atom is 1.00 e. The number of nitrogens with zero attached hydrogens (tertiary/aromatic N) is 1. The standard InChI is InChI=1S/C48H48N4O5.Li/c1-5-29(3)44-39(35-21-11-12-24-38(35)46(54)51-44)27-43(53)49-41-25-15-13-22-36(41)37-23-14-16-26-42(37)50-47(55)45(30(4)6-2)52-48(56)57-28-40-33-19-9-7-17-31(33)32-18-8-10-20-34(32)40;/h7-27,29-30,40,44-45H,5-6,28H2,1-4H3,(H4,49,50,51,52,53,54,55,56);/q;+1/p-1/t29-,30-,44-,45-;/m0./s1. The fraction of sp³-hybridized carbons (Fsp3) is 0.250. The largest absolute Gasteiger partial charge is 1.00 e. The number of fused-ring (bicyclic) bond motifs is 4. The first-order valence-electron chi connectivity index (χ1n) is 19.7. The average Bonchev–Trinajstić information content (AvgIpc) is 3.56. The van der Waals surface area contributed by atoms with Gasteiger partial charge in [-0.05, 0) is 69.0 Å². The van der Waals surface area contributed by atoms with Crippen molar-refractivity contribution in [1.29, 1.82) is 0 Å². The number of benzene rings is 5. The Hall–Kier alpha value is -5.88. The number of para-hydroxylation sites is 2. The first-order valence-corrected chi connectivity index (χ1v) is 19.7. The summed E-state index contributed by atoms with van der Waals surface area (Å²) in [6, 6.07) is 36.9. The van der Waals surface area contributed by atoms with E-state index >= 15 is 0 Å². The number of ether oxygens (including phenoxy) is 1. The van der Waals surface area contributed by atoms with Crippen LogP contribution in [0.5, 0.6) is 0 Å². The fourth-order valence-corrected chi connectivity index (χ4v) is 7.84. The summed E-state index contributed by atoms with van der Waals surface area (Å²) < 4.78 is 5.82. The zero-order chi connectivity index (χ0) is 40.1. The summed E-state index contributed by atoms with van der Waals surface area (Å²) in [5, 5.41) is 13.5. The third-order valence-electron chi connectivity index (χ3n) is 11.3. The van der Waals surface area contributed by atoms with Gasteiger partial charge in [0.15, 0.2) is 0 Å². The third kappa shape index (κ3) is 8.67. The third-order valence-corrected chi connectivity index (χ3v) is 11.3. The zero-order valence-electron chi connectivity index (χ0n) is 33.6. The second-order valence-corrected chi connectivity index (χ2v) is 14.8. The van der Waals surface area contributed by atoms with E-state index in [-0.39, 0.29) is 55.2 Å². The van der Waals surface area contributed by atoms with Crippen LogP contribution < -0.4 is 34.8 Å². The number of anilines is 1. The van der Waals surface area contributed by atoms with Gasteiger partial charge >= 0.3 is 25.0 Å². The van der Waals surface area contributed by atoms with Crippen LogP contribution in [0.15, 0.2) is 127 Å². The van der Waals surface area contributed by atoms with Gasteiger partial charge in [0.2, 0.25) is 5.91 Å². The second-order valence-electron chi connectivity index (χ2n) is 14.8. The molecule has 290 valence electrons. The van der Waals surface area contributed by atoms with Crippen molar-refractivity contribution >= 4 is 40.8 Å². The Morgan fingerprint density at radius 2 is 1.28 bits per heavy atom. The predicted octanol–water partition coefficient (Wildman–Crippen LogP) is 7.02. The molecule has 0 radical (unpaired) electrons. The Labute approximate surface area is 352 Å². The normalized spacial score (nSPS) is 16.3. The average molecular weight is 767 g/mol. The van der Waals surface area contributed by atoms with E-state index in [1.807, 2.05) is 87.5 Å². The number of nitrogens with one attached hydrogen (secondary N) is 3. The van der Waals surface area contributed by atoms with Crippen LogP contribution in [0.1, 0.15) is 73.5 Å². The first kappa shape index (κ1) is 41.7. The van der Waals surface area contributed by atoms with E-state index in [2.05, 4.69) is 52.5 Å². The van der Waals surface area contributed by atoms with Crippen molar-refractivity contribution in [3.63, 3.8) is 0 Å². The van der Waals surface area contributed by atoms with Crippen molar-refractivity contribution in [1.82, 2.24) is 10.6 Å². The molecule has 0 bridgehead atoms. The van der Waals surface area contributed by atoms with E-state index in [1.54, 1.807) is 30.3 Å². The molecule has 9 nitrogen and oxygen atoms in total. The monoisotopic (exact) mass is 766 g/mol. The van der Waals surface area contributed by atoms with Crippen LogP contribution in [0.4, 0.5) is 16.2 Å². The molecule has 0 fully saturated rings. The number of hydrogen-bond donors (Lipinski definition) is 3. The molecule has 1 heterocycles. The minimum Gasteiger partial charge on any atom is -0.623 e. The molecule has 0 spiro atoms. The Balaban J connectivity index is 0.00000567. The molecule has 7 rings (SSSR count). The minimum atomic E-state index is -0.885. The van der Waals surface area contributed by atoms with Crippen LogP contribution in [0.2, 0.25) is 0 Å². The van der Waals surface area contributed by atoms with Gasteiger partial charge in [0, 0.05) is 22.7 Å². The van der Waals surface area contributed by atoms with E-state index in [1.165, 1.54) is 6.08 Å². The van der Waals surface area contributed by atoms with Crippen LogP contribution in [0, 0.1) is 11.8 Å². The number of carbonyl (C=O) groups excluding carboxylic acids is 4. The molecule has 4 atom stereocenters. The molecule has 3 N–H and O–H groups in total. The second kappa shape index (κ2) is 18.6. The number of carbonyl (C=O) groups is 4. The van der Waals surface area contributed by atoms with Crippen LogP contribution >= 0.6 is 0 Å². The number of rotatable bonds is 12. The minimum absolute atomic E-state index is 0. The quantitative estimate of drug-likeness (QED) is 0.0930. The molecular formula is C48H47LiN4O5. The number of hydrogen-bond acceptors (Lipinski definition) is 5. The zero-order valence-corrected chi connectivity index (χ0v) is 33.6. The maximum atomic E-state index is 14.0. The summed E-state index contributed by atoms with van der Waals surface area (Å²) in [5.74, 6) is -1.26. The van der Waals surface area contributed by atoms with Crippen molar-refractivity contribution in [2.24, 2.45) is 11.8 Å². The van der Waals surface area contributed by atoms with Crippen LogP contribution in [0.25, 0.3) is 33.1 Å². The van der Waals surface area contributed by atoms with Gasteiger partial charge in [0.25, 0.3) is 5.91 Å². The van der Waals surface area contributed by atoms with Gasteiger partial charge in [-0.2, -0.15) is 0 Å². The summed E-state index contributed by atoms with van der Waals surface area (Å²) in [7, 11) is 0. The summed E-state index contributed by atoms with van der Waals surface area (Å²) in [4.78, 5) is 54.1. The molecule has 5 aromatic rings. The molecule has 4 amide bonds. The van der Waals surface area contributed by atoms with Gasteiger partial charge < -0.3 is 30.8 Å². The molecule has 0 unspecified atom stereocenters. The van der Waals surface area contributed by atoms with Gasteiger partial charge in [-0.15, -0.1) is 5.69 Å². The fourth-order valence-electron chi connectivity index (χ4n) is 7.84. The Kier molecular flexibility index (Phi) is 13.4. The van der Waals surface area contributed by atoms with E-state index in [0.29, 0.717) is 34.5 Å². The van der Waals surface area contributed by atoms with Crippen molar-refractivity contribution in [2.75, 3.05) is 11.9 Å². The summed E-state index contributed by atoms with van der Waals surface area (Å²) >= 11 is 0. The molecule has 0 saturated carbocycles. The van der Waals surface area contributed by atoms with E-state index in [4.69, 9.17) is 4.74 Å². The van der Waals surface area contributed by atoms with E-state index in [9.17, 15) is 19.2 Å². The Bertz CT molecular complexity index is 2310. The maximum absolute atomic E-state index is 14.0. The Morgan fingerprint density at radius 1 is 0.724 bits per heavy atom. The molecule has 10 heteroatoms. The van der Waals surface area contributed by atoms with Gasteiger partial charge in [-0.1, -0.05) is 150 Å². The molecule has 1 aliphatic heterocycles. The predicted molar refractivity (Wildman–Crippen MR) is 225 cm³/mol. The van der Waals surface area contributed by atoms with Gasteiger partial charge in [-0.25, -0.2) is 4.79 Å². The van der Waals surface area contributed by atoms with Gasteiger partial charge in [0.1, 0.15) is 12.6 Å². The molecule has 58 heavy (non-hydrogen) atoms. The van der Waals surface area contributed by atoms with Crippen molar-refractivity contribution in [3.05, 3.63) is 155 Å². The Morgan fingerprint density at radius 3 is 1.91 bits per heavy atom. The molecule has 2 aliphatic rings. The number of alkyl carbamates (subject to hydrolysis) is 1. The molecular weight excluding hydrogens is 719 g/mol. The number of amides is 4. The van der Waals surface area contributed by atoms with E-state index < -0.39 is 23.9 Å². The summed E-state index contributed by atoms with van der Waals surface area (Å²) in [5.41, 5.74) is 8.65. The van der Waals surface area contributed by atoms with Crippen LogP contribution in [-0.2, 0) is 14.3 Å². The SMILES string of the molecule is CC[C@H](C)[C@H](NC(=O)OCC1c2ccccc2-c2ccccc21)C(=O)Nc1ccccc1-c1ccccc1[N-]C(=O)/C=C1/c2ccccc2C(=O)N[C@H]1[C@@H](C)CC.[Li+]. The summed E-state index contributed by atoms with van der Waals surface area (Å²) in [6.07, 6.45) is 2.29. The molecule has 0 saturated heterocycles. The summed E-state index contributed by atoms with van der Waals surface area (Å²) in [6.45, 7) is 8.11. The first-order chi connectivity index (χ1) is 27.7. The molecule has 5 aromatic carbocycles. The molecule has 0 aromatic heterocycles. The van der Waals surface area contributed by atoms with Gasteiger partial charge in [-0.3, -0.25) is 9.59 Å². The van der Waals surface area contributed by atoms with E-state index in [0.717, 1.165) is 39.8 Å². The topological polar surface area (TPSA) is 128 Å². The van der Waals surface area contributed by atoms with Crippen LogP contribution in [-0.4, -0.2) is 42.5 Å². The van der Waals surface area contributed by atoms with Gasteiger partial charge in [0.05, 0.1) is 11.9 Å². The van der Waals surface area contributed by atoms with Crippen molar-refractivity contribution < 1.29 is 42.8 Å². The van der Waals surface area contributed by atoms with Crippen molar-refractivity contribution in [3.8, 4) is 22.3 Å². The van der Waals surface area contributed by atoms with Crippen molar-refractivity contribution in [2.45, 2.75) is 58.5 Å². The molecule has 1 aliphatic carbocycles. The smallest absolute Gasteiger partial charge is 0.623 e.